The highest BCUT2D eigenvalue weighted by atomic mass is 33.1. The lowest BCUT2D eigenvalue weighted by atomic mass is 10.1. The van der Waals surface area contributed by atoms with Gasteiger partial charge in [0.2, 0.25) is 5.91 Å². The predicted molar refractivity (Wildman–Crippen MR) is 157 cm³/mol. The van der Waals surface area contributed by atoms with Crippen LogP contribution in [0.3, 0.4) is 0 Å². The predicted octanol–water partition coefficient (Wildman–Crippen LogP) is 3.13. The number of likely N-dealkylation sites (N-methyl/N-ethyl adjacent to an activating group) is 1. The molecule has 0 aliphatic carbocycles. The molecule has 0 unspecified atom stereocenters. The van der Waals surface area contributed by atoms with Crippen molar-refractivity contribution >= 4 is 33.5 Å². The number of ether oxygens (including phenoxy) is 3. The third kappa shape index (κ3) is 22.5. The Balaban J connectivity index is 1.96. The molecule has 10 nitrogen and oxygen atoms in total. The molecule has 0 aromatic heterocycles. The van der Waals surface area contributed by atoms with Crippen molar-refractivity contribution in [2.75, 3.05) is 71.8 Å². The normalized spacial score (nSPS) is 10.5. The zero-order valence-corrected chi connectivity index (χ0v) is 24.8. The van der Waals surface area contributed by atoms with Crippen molar-refractivity contribution in [3.63, 3.8) is 0 Å². The van der Waals surface area contributed by atoms with Gasteiger partial charge in [0.1, 0.15) is 5.94 Å². The van der Waals surface area contributed by atoms with E-state index >= 15 is 0 Å². The van der Waals surface area contributed by atoms with Crippen molar-refractivity contribution in [1.82, 2.24) is 21.4 Å². The van der Waals surface area contributed by atoms with Gasteiger partial charge in [0.15, 0.2) is 0 Å². The van der Waals surface area contributed by atoms with E-state index in [4.69, 9.17) is 19.0 Å². The fourth-order valence-electron chi connectivity index (χ4n) is 2.85. The number of hydrogen-bond acceptors (Lipinski definition) is 9. The summed E-state index contributed by atoms with van der Waals surface area (Å²) in [6.45, 7) is 9.77. The molecule has 0 saturated carbocycles. The molecule has 0 radical (unpaired) electrons. The first-order valence-electron chi connectivity index (χ1n) is 13.4. The molecule has 1 rings (SSSR count). The number of hydroxylamine groups is 1. The maximum atomic E-state index is 12.0. The summed E-state index contributed by atoms with van der Waals surface area (Å²) in [7, 11) is 3.24. The van der Waals surface area contributed by atoms with Crippen molar-refractivity contribution in [1.29, 1.82) is 0 Å². The lowest BCUT2D eigenvalue weighted by Crippen LogP contribution is -2.36. The minimum atomic E-state index is -0.206. The van der Waals surface area contributed by atoms with Crippen molar-refractivity contribution in [2.45, 2.75) is 44.4 Å². The molecule has 1 aromatic rings. The molecule has 0 saturated heterocycles. The van der Waals surface area contributed by atoms with Gasteiger partial charge < -0.3 is 30.2 Å². The van der Waals surface area contributed by atoms with Crippen LogP contribution >= 0.6 is 21.6 Å². The molecule has 0 aliphatic rings. The van der Waals surface area contributed by atoms with E-state index in [2.05, 4.69) is 40.2 Å². The van der Waals surface area contributed by atoms with E-state index in [0.717, 1.165) is 42.8 Å². The SMILES string of the molecule is CCC#CCNC(=O)NCCCCOCSSc1ccc(CC(=O)NOCCOCCOCCNCC)cc1. The molecule has 39 heavy (non-hydrogen) atoms. The van der Waals surface area contributed by atoms with Crippen LogP contribution in [-0.4, -0.2) is 83.7 Å². The van der Waals surface area contributed by atoms with E-state index in [-0.39, 0.29) is 25.0 Å². The molecule has 0 spiro atoms. The standard InChI is InChI=1S/C27H44N4O6S2/c1-3-5-6-13-29-27(33)30-14-7-8-16-36-23-38-39-25-11-9-24(10-12-25)22-26(32)31-37-21-20-35-19-18-34-17-15-28-4-2/h9-12,28H,3-4,7-8,13-23H2,1-2H3,(H,31,32)(H2,29,30,33). The van der Waals surface area contributed by atoms with Crippen molar-refractivity contribution in [2.24, 2.45) is 0 Å². The van der Waals surface area contributed by atoms with Crippen molar-refractivity contribution in [3.05, 3.63) is 29.8 Å². The Morgan fingerprint density at radius 1 is 0.846 bits per heavy atom. The summed E-state index contributed by atoms with van der Waals surface area (Å²) in [5, 5.41) is 8.67. The Kier molecular flexibility index (Phi) is 23.6. The Hall–Kier alpha value is -1.98. The highest BCUT2D eigenvalue weighted by molar-refractivity contribution is 8.76. The maximum absolute atomic E-state index is 12.0. The molecule has 1 aromatic carbocycles. The molecule has 0 fully saturated rings. The van der Waals surface area contributed by atoms with Crippen LogP contribution in [0.2, 0.25) is 0 Å². The Morgan fingerprint density at radius 3 is 2.38 bits per heavy atom. The van der Waals surface area contributed by atoms with Gasteiger partial charge in [-0.25, -0.2) is 10.3 Å². The van der Waals surface area contributed by atoms with Crippen LogP contribution in [0.5, 0.6) is 0 Å². The van der Waals surface area contributed by atoms with Gasteiger partial charge in [-0.05, 0) is 37.1 Å². The van der Waals surface area contributed by atoms with Crippen molar-refractivity contribution in [3.8, 4) is 11.8 Å². The number of carbonyl (C=O) groups is 2. The second kappa shape index (κ2) is 26.3. The summed E-state index contributed by atoms with van der Waals surface area (Å²) < 4.78 is 16.4. The van der Waals surface area contributed by atoms with Gasteiger partial charge in [-0.15, -0.1) is 5.92 Å². The minimum absolute atomic E-state index is 0.192. The molecule has 0 heterocycles. The second-order valence-corrected chi connectivity index (χ2v) is 10.3. The van der Waals surface area contributed by atoms with Crippen LogP contribution in [0.25, 0.3) is 0 Å². The molecule has 0 bridgehead atoms. The summed E-state index contributed by atoms with van der Waals surface area (Å²) >= 11 is 0. The summed E-state index contributed by atoms with van der Waals surface area (Å²) in [5.41, 5.74) is 3.35. The number of rotatable bonds is 23. The highest BCUT2D eigenvalue weighted by Crippen LogP contribution is 2.31. The van der Waals surface area contributed by atoms with Crippen LogP contribution in [0.4, 0.5) is 4.79 Å². The first-order valence-corrected chi connectivity index (χ1v) is 15.7. The van der Waals surface area contributed by atoms with E-state index < -0.39 is 0 Å². The number of carbonyl (C=O) groups excluding carboxylic acids is 2. The lowest BCUT2D eigenvalue weighted by molar-refractivity contribution is -0.134. The Morgan fingerprint density at radius 2 is 1.62 bits per heavy atom. The first-order chi connectivity index (χ1) is 19.2. The number of unbranched alkanes of at least 4 members (excludes halogenated alkanes) is 1. The lowest BCUT2D eigenvalue weighted by Gasteiger charge is -2.08. The third-order valence-corrected chi connectivity index (χ3v) is 6.84. The Labute approximate surface area is 241 Å². The molecular weight excluding hydrogens is 540 g/mol. The van der Waals surface area contributed by atoms with E-state index in [1.807, 2.05) is 31.2 Å². The van der Waals surface area contributed by atoms with Gasteiger partial charge in [0.25, 0.3) is 0 Å². The highest BCUT2D eigenvalue weighted by Gasteiger charge is 2.04. The van der Waals surface area contributed by atoms with Crippen LogP contribution in [-0.2, 0) is 30.3 Å². The minimum Gasteiger partial charge on any atom is -0.378 e. The molecule has 0 aliphatic heterocycles. The molecule has 12 heteroatoms. The van der Waals surface area contributed by atoms with Crippen molar-refractivity contribution < 1.29 is 28.6 Å². The number of nitrogens with one attached hydrogen (secondary N) is 4. The van der Waals surface area contributed by atoms with Gasteiger partial charge in [-0.3, -0.25) is 9.63 Å². The average Bonchev–Trinajstić information content (AvgIpc) is 2.94. The number of amides is 3. The molecular formula is C27H44N4O6S2. The zero-order valence-electron chi connectivity index (χ0n) is 23.2. The summed E-state index contributed by atoms with van der Waals surface area (Å²) in [5.74, 6) is 6.13. The molecule has 0 atom stereocenters. The van der Waals surface area contributed by atoms with E-state index in [0.29, 0.717) is 52.1 Å². The summed E-state index contributed by atoms with van der Waals surface area (Å²) in [4.78, 5) is 29.8. The zero-order chi connectivity index (χ0) is 28.2. The first kappa shape index (κ1) is 35.0. The maximum Gasteiger partial charge on any atom is 0.315 e. The number of hydrogen-bond donors (Lipinski definition) is 4. The van der Waals surface area contributed by atoms with E-state index in [1.54, 1.807) is 21.6 Å². The van der Waals surface area contributed by atoms with Gasteiger partial charge >= 0.3 is 6.03 Å². The fraction of sp³-hybridized carbons (Fsp3) is 0.630. The monoisotopic (exact) mass is 584 g/mol. The summed E-state index contributed by atoms with van der Waals surface area (Å²) in [6, 6.07) is 7.64. The van der Waals surface area contributed by atoms with Crippen LogP contribution in [0.15, 0.2) is 29.2 Å². The topological polar surface area (TPSA) is 119 Å². The molecule has 4 N–H and O–H groups in total. The van der Waals surface area contributed by atoms with Gasteiger partial charge in [-0.1, -0.05) is 53.5 Å². The molecule has 220 valence electrons. The quantitative estimate of drug-likeness (QED) is 0.0506. The van der Waals surface area contributed by atoms with Crippen LogP contribution < -0.4 is 21.4 Å². The van der Waals surface area contributed by atoms with Gasteiger partial charge in [-0.2, -0.15) is 0 Å². The summed E-state index contributed by atoms with van der Waals surface area (Å²) in [6.07, 6.45) is 2.76. The van der Waals surface area contributed by atoms with Gasteiger partial charge in [0.05, 0.1) is 46.0 Å². The van der Waals surface area contributed by atoms with E-state index in [9.17, 15) is 9.59 Å². The third-order valence-electron chi connectivity index (χ3n) is 4.78. The number of urea groups is 1. The smallest absolute Gasteiger partial charge is 0.315 e. The second-order valence-electron chi connectivity index (χ2n) is 8.02. The van der Waals surface area contributed by atoms with Crippen LogP contribution in [0.1, 0.15) is 38.7 Å². The largest absolute Gasteiger partial charge is 0.378 e. The molecule has 3 amide bonds. The Bertz CT molecular complexity index is 821. The average molecular weight is 585 g/mol. The van der Waals surface area contributed by atoms with Gasteiger partial charge in [0, 0.05) is 31.0 Å². The fourth-order valence-corrected chi connectivity index (χ4v) is 4.56. The number of benzene rings is 1. The van der Waals surface area contributed by atoms with E-state index in [1.165, 1.54) is 0 Å². The van der Waals surface area contributed by atoms with Crippen LogP contribution in [0, 0.1) is 11.8 Å².